The number of carbonyl (C=O) groups is 1. The lowest BCUT2D eigenvalue weighted by Crippen LogP contribution is -2.32. The van der Waals surface area contributed by atoms with E-state index < -0.39 is 12.1 Å². The molecule has 0 fully saturated rings. The summed E-state index contributed by atoms with van der Waals surface area (Å²) in [7, 11) is 0. The first kappa shape index (κ1) is 18.5. The van der Waals surface area contributed by atoms with Crippen molar-refractivity contribution in [1.29, 1.82) is 0 Å². The Kier molecular flexibility index (Phi) is 5.61. The van der Waals surface area contributed by atoms with E-state index in [9.17, 15) is 9.90 Å². The molecular weight excluding hydrogens is 352 g/mol. The minimum atomic E-state index is -0.965. The maximum Gasteiger partial charge on any atom is 0.352 e. The maximum atomic E-state index is 11.0. The van der Waals surface area contributed by atoms with Crippen LogP contribution in [0.5, 0.6) is 0 Å². The van der Waals surface area contributed by atoms with Crippen LogP contribution < -0.4 is 5.32 Å². The van der Waals surface area contributed by atoms with Crippen molar-refractivity contribution in [1.82, 2.24) is 10.3 Å². The van der Waals surface area contributed by atoms with Gasteiger partial charge in [0.25, 0.3) is 0 Å². The zero-order chi connectivity index (χ0) is 18.7. The first-order chi connectivity index (χ1) is 12.4. The van der Waals surface area contributed by atoms with E-state index in [-0.39, 0.29) is 11.7 Å². The number of aromatic carboxylic acids is 1. The minimum absolute atomic E-state index is 0.152. The number of nitrogens with one attached hydrogen (secondary N) is 2. The highest BCUT2D eigenvalue weighted by Crippen LogP contribution is 2.19. The van der Waals surface area contributed by atoms with Crippen LogP contribution in [0.25, 0.3) is 10.9 Å². The molecule has 0 bridgehead atoms. The molecule has 0 aliphatic carbocycles. The molecule has 1 heterocycles. The third kappa shape index (κ3) is 4.43. The normalized spacial score (nSPS) is 13.7. The number of aliphatic hydroxyl groups excluding tert-OH is 1. The van der Waals surface area contributed by atoms with Crippen molar-refractivity contribution in [2.24, 2.45) is 0 Å². The highest BCUT2D eigenvalue weighted by atomic mass is 35.5. The molecule has 0 spiro atoms. The van der Waals surface area contributed by atoms with Crippen LogP contribution in [0.15, 0.2) is 48.5 Å². The highest BCUT2D eigenvalue weighted by molar-refractivity contribution is 6.30. The summed E-state index contributed by atoms with van der Waals surface area (Å²) in [4.78, 5) is 13.9. The molecule has 1 unspecified atom stereocenters. The second kappa shape index (κ2) is 7.91. The number of carboxylic acid groups (broad SMARTS) is 1. The predicted molar refractivity (Wildman–Crippen MR) is 103 cm³/mol. The molecule has 3 aromatic rings. The number of aromatic amines is 1. The fourth-order valence-corrected chi connectivity index (χ4v) is 3.19. The van der Waals surface area contributed by atoms with Gasteiger partial charge in [-0.1, -0.05) is 29.8 Å². The maximum absolute atomic E-state index is 11.0. The second-order valence-electron chi connectivity index (χ2n) is 6.49. The molecule has 0 aliphatic heterocycles. The molecule has 0 saturated carbocycles. The number of rotatable bonds is 7. The molecule has 1 aromatic heterocycles. The van der Waals surface area contributed by atoms with E-state index in [1.165, 1.54) is 0 Å². The standard InChI is InChI=1S/C20H21ClN2O3/c1-12(22-11-19(24)14-3-2-4-16(21)9-14)7-13-5-6-17-15(8-13)10-18(23-17)20(25)26/h2-6,8-10,12,19,22-24H,7,11H2,1H3,(H,25,26)/t12?,19-/m0/s1. The molecule has 0 amide bonds. The Balaban J connectivity index is 1.59. The van der Waals surface area contributed by atoms with Crippen LogP contribution in [-0.2, 0) is 6.42 Å². The van der Waals surface area contributed by atoms with E-state index in [4.69, 9.17) is 16.7 Å². The number of carboxylic acids is 1. The van der Waals surface area contributed by atoms with Crippen LogP contribution in [0.2, 0.25) is 5.02 Å². The Hall–Kier alpha value is -2.34. The fraction of sp³-hybridized carbons (Fsp3) is 0.250. The van der Waals surface area contributed by atoms with Crippen molar-refractivity contribution >= 4 is 28.5 Å². The third-order valence-electron chi connectivity index (χ3n) is 4.35. The summed E-state index contributed by atoms with van der Waals surface area (Å²) in [6, 6.07) is 14.9. The SMILES string of the molecule is CC(Cc1ccc2[nH]c(C(=O)O)cc2c1)NC[C@H](O)c1cccc(Cl)c1. The highest BCUT2D eigenvalue weighted by Gasteiger charge is 2.12. The van der Waals surface area contributed by atoms with Gasteiger partial charge in [0.1, 0.15) is 5.69 Å². The molecule has 3 rings (SSSR count). The van der Waals surface area contributed by atoms with E-state index in [1.807, 2.05) is 30.3 Å². The number of hydrogen-bond acceptors (Lipinski definition) is 3. The van der Waals surface area contributed by atoms with Gasteiger partial charge >= 0.3 is 5.97 Å². The van der Waals surface area contributed by atoms with E-state index in [2.05, 4.69) is 17.2 Å². The van der Waals surface area contributed by atoms with Gasteiger partial charge < -0.3 is 20.5 Å². The van der Waals surface area contributed by atoms with Gasteiger partial charge in [-0.25, -0.2) is 4.79 Å². The number of aliphatic hydroxyl groups is 1. The molecule has 26 heavy (non-hydrogen) atoms. The topological polar surface area (TPSA) is 85.4 Å². The lowest BCUT2D eigenvalue weighted by molar-refractivity contribution is 0.0691. The van der Waals surface area contributed by atoms with Gasteiger partial charge in [0.15, 0.2) is 0 Å². The summed E-state index contributed by atoms with van der Waals surface area (Å²) in [5.74, 6) is -0.965. The Labute approximate surface area is 156 Å². The fourth-order valence-electron chi connectivity index (χ4n) is 2.99. The van der Waals surface area contributed by atoms with Gasteiger partial charge in [-0.2, -0.15) is 0 Å². The average molecular weight is 373 g/mol. The van der Waals surface area contributed by atoms with Crippen LogP contribution in [-0.4, -0.2) is 33.8 Å². The van der Waals surface area contributed by atoms with E-state index >= 15 is 0 Å². The first-order valence-electron chi connectivity index (χ1n) is 8.44. The molecule has 0 radical (unpaired) electrons. The summed E-state index contributed by atoms with van der Waals surface area (Å²) in [5.41, 5.74) is 2.88. The molecule has 4 N–H and O–H groups in total. The Morgan fingerprint density at radius 2 is 2.04 bits per heavy atom. The van der Waals surface area contributed by atoms with Crippen molar-refractivity contribution < 1.29 is 15.0 Å². The largest absolute Gasteiger partial charge is 0.477 e. The quantitative estimate of drug-likeness (QED) is 0.508. The van der Waals surface area contributed by atoms with E-state index in [0.717, 1.165) is 28.5 Å². The molecule has 5 nitrogen and oxygen atoms in total. The summed E-state index contributed by atoms with van der Waals surface area (Å²) in [5, 5.41) is 24.1. The number of H-pyrrole nitrogens is 1. The zero-order valence-corrected chi connectivity index (χ0v) is 15.1. The summed E-state index contributed by atoms with van der Waals surface area (Å²) < 4.78 is 0. The van der Waals surface area contributed by atoms with Crippen molar-refractivity contribution in [3.63, 3.8) is 0 Å². The number of benzene rings is 2. The summed E-state index contributed by atoms with van der Waals surface area (Å²) >= 11 is 5.96. The van der Waals surface area contributed by atoms with Crippen LogP contribution in [0.3, 0.4) is 0 Å². The van der Waals surface area contributed by atoms with Crippen LogP contribution in [0.1, 0.15) is 34.6 Å². The number of aromatic nitrogens is 1. The molecule has 2 aromatic carbocycles. The monoisotopic (exact) mass is 372 g/mol. The summed E-state index contributed by atoms with van der Waals surface area (Å²) in [6.45, 7) is 2.48. The number of fused-ring (bicyclic) bond motifs is 1. The molecule has 6 heteroatoms. The number of halogens is 1. The zero-order valence-electron chi connectivity index (χ0n) is 14.4. The molecule has 0 aliphatic rings. The molecule has 136 valence electrons. The van der Waals surface area contributed by atoms with Crippen LogP contribution >= 0.6 is 11.6 Å². The van der Waals surface area contributed by atoms with Crippen molar-refractivity contribution in [2.45, 2.75) is 25.5 Å². The van der Waals surface area contributed by atoms with Crippen molar-refractivity contribution in [3.05, 3.63) is 70.4 Å². The number of hydrogen-bond donors (Lipinski definition) is 4. The predicted octanol–water partition coefficient (Wildman–Crippen LogP) is 3.77. The smallest absolute Gasteiger partial charge is 0.352 e. The van der Waals surface area contributed by atoms with Gasteiger partial charge in [-0.3, -0.25) is 0 Å². The Bertz CT molecular complexity index is 922. The lowest BCUT2D eigenvalue weighted by Gasteiger charge is -2.18. The van der Waals surface area contributed by atoms with Crippen LogP contribution in [0, 0.1) is 0 Å². The summed E-state index contributed by atoms with van der Waals surface area (Å²) in [6.07, 6.45) is 0.146. The molecule has 0 saturated heterocycles. The third-order valence-corrected chi connectivity index (χ3v) is 4.59. The minimum Gasteiger partial charge on any atom is -0.477 e. The van der Waals surface area contributed by atoms with Crippen molar-refractivity contribution in [2.75, 3.05) is 6.54 Å². The van der Waals surface area contributed by atoms with Gasteiger partial charge in [0, 0.05) is 28.5 Å². The Morgan fingerprint density at radius 3 is 2.77 bits per heavy atom. The Morgan fingerprint density at radius 1 is 1.23 bits per heavy atom. The molecular formula is C20H21ClN2O3. The average Bonchev–Trinajstić information content (AvgIpc) is 3.03. The second-order valence-corrected chi connectivity index (χ2v) is 6.93. The first-order valence-corrected chi connectivity index (χ1v) is 8.82. The van der Waals surface area contributed by atoms with Gasteiger partial charge in [0.05, 0.1) is 6.10 Å². The van der Waals surface area contributed by atoms with Crippen LogP contribution in [0.4, 0.5) is 0 Å². The van der Waals surface area contributed by atoms with Gasteiger partial charge in [-0.05, 0) is 54.8 Å². The lowest BCUT2D eigenvalue weighted by atomic mass is 10.0. The molecule has 2 atom stereocenters. The van der Waals surface area contributed by atoms with E-state index in [0.29, 0.717) is 11.6 Å². The van der Waals surface area contributed by atoms with Crippen molar-refractivity contribution in [3.8, 4) is 0 Å². The van der Waals surface area contributed by atoms with Gasteiger partial charge in [0.2, 0.25) is 0 Å². The van der Waals surface area contributed by atoms with E-state index in [1.54, 1.807) is 18.2 Å². The van der Waals surface area contributed by atoms with Gasteiger partial charge in [-0.15, -0.1) is 0 Å².